The second kappa shape index (κ2) is 5.60. The molecule has 1 aliphatic rings. The van der Waals surface area contributed by atoms with Crippen molar-refractivity contribution in [1.82, 2.24) is 10.2 Å². The Hall–Kier alpha value is -0.0900. The molecule has 0 aromatic carbocycles. The summed E-state index contributed by atoms with van der Waals surface area (Å²) < 4.78 is 5.55. The van der Waals surface area contributed by atoms with Crippen LogP contribution in [0.2, 0.25) is 0 Å². The van der Waals surface area contributed by atoms with E-state index in [1.54, 1.807) is 0 Å². The Bertz CT molecular complexity index is 173. The van der Waals surface area contributed by atoms with E-state index in [9.17, 15) is 0 Å². The van der Waals surface area contributed by atoms with Gasteiger partial charge in [0.15, 0.2) is 0 Å². The Labute approximate surface area is 84.7 Å². The van der Waals surface area contributed by atoms with E-state index in [0.29, 0.717) is 5.03 Å². The summed E-state index contributed by atoms with van der Waals surface area (Å²) >= 11 is 5.74. The second-order valence-electron chi connectivity index (χ2n) is 3.30. The molecule has 0 saturated carbocycles. The molecule has 1 N–H and O–H groups in total. The molecular weight excluding hydrogens is 188 g/mol. The van der Waals surface area contributed by atoms with E-state index >= 15 is 0 Å². The minimum atomic E-state index is 0.287. The van der Waals surface area contributed by atoms with Crippen LogP contribution in [0, 0.1) is 0 Å². The molecule has 1 heterocycles. The average molecular weight is 205 g/mol. The lowest BCUT2D eigenvalue weighted by molar-refractivity contribution is -0.0225. The molecule has 1 fully saturated rings. The molecule has 1 atom stereocenters. The summed E-state index contributed by atoms with van der Waals surface area (Å²) in [7, 11) is 1.93. The van der Waals surface area contributed by atoms with Crippen LogP contribution in [-0.4, -0.2) is 50.8 Å². The molecular formula is C9H17ClN2O. The Morgan fingerprint density at radius 3 is 3.15 bits per heavy atom. The molecule has 0 aliphatic carbocycles. The maximum absolute atomic E-state index is 5.74. The number of rotatable bonds is 4. The lowest BCUT2D eigenvalue weighted by atomic mass is 10.2. The van der Waals surface area contributed by atoms with Gasteiger partial charge in [-0.05, 0) is 7.05 Å². The number of hydrogen-bond acceptors (Lipinski definition) is 3. The third kappa shape index (κ3) is 4.09. The maximum atomic E-state index is 5.74. The fourth-order valence-corrected chi connectivity index (χ4v) is 1.69. The highest BCUT2D eigenvalue weighted by Gasteiger charge is 2.19. The normalized spacial score (nSPS) is 24.6. The van der Waals surface area contributed by atoms with Crippen molar-refractivity contribution in [2.75, 3.05) is 39.8 Å². The molecule has 1 aliphatic heterocycles. The van der Waals surface area contributed by atoms with Crippen LogP contribution in [0.4, 0.5) is 0 Å². The Balaban J connectivity index is 2.28. The number of halogens is 1. The van der Waals surface area contributed by atoms with Crippen molar-refractivity contribution in [3.8, 4) is 0 Å². The summed E-state index contributed by atoms with van der Waals surface area (Å²) in [5, 5.41) is 3.80. The fraction of sp³-hybridized carbons (Fsp3) is 0.778. The van der Waals surface area contributed by atoms with E-state index in [1.165, 1.54) is 0 Å². The molecule has 1 rings (SSSR count). The highest BCUT2D eigenvalue weighted by molar-refractivity contribution is 6.29. The van der Waals surface area contributed by atoms with Gasteiger partial charge in [0.1, 0.15) is 0 Å². The van der Waals surface area contributed by atoms with Crippen LogP contribution in [0.3, 0.4) is 0 Å². The zero-order valence-electron chi connectivity index (χ0n) is 8.05. The molecule has 0 aromatic heterocycles. The molecule has 0 aromatic rings. The van der Waals surface area contributed by atoms with Gasteiger partial charge < -0.3 is 10.1 Å². The largest absolute Gasteiger partial charge is 0.374 e. The van der Waals surface area contributed by atoms with Gasteiger partial charge in [0.25, 0.3) is 0 Å². The monoisotopic (exact) mass is 204 g/mol. The summed E-state index contributed by atoms with van der Waals surface area (Å²) in [6, 6.07) is 0. The molecule has 4 heteroatoms. The van der Waals surface area contributed by atoms with Crippen molar-refractivity contribution in [2.45, 2.75) is 6.10 Å². The quantitative estimate of drug-likeness (QED) is 0.728. The van der Waals surface area contributed by atoms with Gasteiger partial charge in [-0.2, -0.15) is 0 Å². The van der Waals surface area contributed by atoms with E-state index in [4.69, 9.17) is 16.3 Å². The van der Waals surface area contributed by atoms with Crippen LogP contribution < -0.4 is 5.32 Å². The van der Waals surface area contributed by atoms with Gasteiger partial charge in [-0.3, -0.25) is 4.90 Å². The molecule has 1 saturated heterocycles. The SMILES string of the molecule is C=C(Cl)CN1CCOC(CNC)C1. The molecule has 0 radical (unpaired) electrons. The van der Waals surface area contributed by atoms with Crippen LogP contribution >= 0.6 is 11.6 Å². The molecule has 3 nitrogen and oxygen atoms in total. The summed E-state index contributed by atoms with van der Waals surface area (Å²) in [5.41, 5.74) is 0. The van der Waals surface area contributed by atoms with Crippen molar-refractivity contribution < 1.29 is 4.74 Å². The van der Waals surface area contributed by atoms with Crippen LogP contribution in [0.25, 0.3) is 0 Å². The van der Waals surface area contributed by atoms with E-state index in [1.807, 2.05) is 7.05 Å². The lowest BCUT2D eigenvalue weighted by Gasteiger charge is -2.32. The predicted molar refractivity (Wildman–Crippen MR) is 55.1 cm³/mol. The van der Waals surface area contributed by atoms with Crippen LogP contribution in [0.15, 0.2) is 11.6 Å². The van der Waals surface area contributed by atoms with E-state index in [-0.39, 0.29) is 6.10 Å². The second-order valence-corrected chi connectivity index (χ2v) is 3.84. The number of nitrogens with zero attached hydrogens (tertiary/aromatic N) is 1. The van der Waals surface area contributed by atoms with E-state index in [0.717, 1.165) is 32.8 Å². The Kier molecular flexibility index (Phi) is 4.73. The van der Waals surface area contributed by atoms with Gasteiger partial charge in [-0.25, -0.2) is 0 Å². The number of nitrogens with one attached hydrogen (secondary N) is 1. The molecule has 1 unspecified atom stereocenters. The third-order valence-corrected chi connectivity index (χ3v) is 2.17. The topological polar surface area (TPSA) is 24.5 Å². The summed E-state index contributed by atoms with van der Waals surface area (Å²) in [6.07, 6.45) is 0.287. The van der Waals surface area contributed by atoms with Gasteiger partial charge in [-0.15, -0.1) is 0 Å². The highest BCUT2D eigenvalue weighted by Crippen LogP contribution is 2.08. The average Bonchev–Trinajstić information content (AvgIpc) is 2.04. The number of ether oxygens (including phenoxy) is 1. The zero-order valence-corrected chi connectivity index (χ0v) is 8.81. The first-order valence-electron chi connectivity index (χ1n) is 4.54. The van der Waals surface area contributed by atoms with Crippen LogP contribution in [0.5, 0.6) is 0 Å². The first-order valence-corrected chi connectivity index (χ1v) is 4.92. The van der Waals surface area contributed by atoms with Crippen molar-refractivity contribution >= 4 is 11.6 Å². The minimum absolute atomic E-state index is 0.287. The van der Waals surface area contributed by atoms with Crippen molar-refractivity contribution in [3.05, 3.63) is 11.6 Å². The van der Waals surface area contributed by atoms with Crippen molar-refractivity contribution in [3.63, 3.8) is 0 Å². The Morgan fingerprint density at radius 1 is 1.77 bits per heavy atom. The predicted octanol–water partition coefficient (Wildman–Crippen LogP) is 0.659. The van der Waals surface area contributed by atoms with Gasteiger partial charge in [0.05, 0.1) is 12.7 Å². The van der Waals surface area contributed by atoms with Crippen LogP contribution in [-0.2, 0) is 4.74 Å². The molecule has 13 heavy (non-hydrogen) atoms. The first kappa shape index (κ1) is 11.0. The van der Waals surface area contributed by atoms with E-state index in [2.05, 4.69) is 16.8 Å². The number of morpholine rings is 1. The van der Waals surface area contributed by atoms with Crippen molar-refractivity contribution in [2.24, 2.45) is 0 Å². The number of hydrogen-bond donors (Lipinski definition) is 1. The van der Waals surface area contributed by atoms with Gasteiger partial charge >= 0.3 is 0 Å². The summed E-state index contributed by atoms with van der Waals surface area (Å²) in [4.78, 5) is 2.26. The van der Waals surface area contributed by atoms with Crippen molar-refractivity contribution in [1.29, 1.82) is 0 Å². The lowest BCUT2D eigenvalue weighted by Crippen LogP contribution is -2.46. The first-order chi connectivity index (χ1) is 6.22. The molecule has 76 valence electrons. The maximum Gasteiger partial charge on any atom is 0.0826 e. The minimum Gasteiger partial charge on any atom is -0.374 e. The molecule has 0 bridgehead atoms. The standard InChI is InChI=1S/C9H17ClN2O/c1-8(10)6-12-3-4-13-9(7-12)5-11-2/h9,11H,1,3-7H2,2H3. The number of likely N-dealkylation sites (N-methyl/N-ethyl adjacent to an activating group) is 1. The van der Waals surface area contributed by atoms with Crippen LogP contribution in [0.1, 0.15) is 0 Å². The van der Waals surface area contributed by atoms with Gasteiger partial charge in [-0.1, -0.05) is 18.2 Å². The van der Waals surface area contributed by atoms with Gasteiger partial charge in [0.2, 0.25) is 0 Å². The highest BCUT2D eigenvalue weighted by atomic mass is 35.5. The fourth-order valence-electron chi connectivity index (χ4n) is 1.52. The molecule has 0 amide bonds. The third-order valence-electron chi connectivity index (χ3n) is 2.05. The molecule has 0 spiro atoms. The smallest absolute Gasteiger partial charge is 0.0826 e. The van der Waals surface area contributed by atoms with Gasteiger partial charge in [0, 0.05) is 31.2 Å². The zero-order chi connectivity index (χ0) is 9.68. The Morgan fingerprint density at radius 2 is 2.54 bits per heavy atom. The van der Waals surface area contributed by atoms with E-state index < -0.39 is 0 Å². The summed E-state index contributed by atoms with van der Waals surface area (Å²) in [6.45, 7) is 8.03. The summed E-state index contributed by atoms with van der Waals surface area (Å²) in [5.74, 6) is 0.